The van der Waals surface area contributed by atoms with E-state index in [-0.39, 0.29) is 11.4 Å². The summed E-state index contributed by atoms with van der Waals surface area (Å²) in [6.07, 6.45) is 5.81. The molecule has 0 radical (unpaired) electrons. The molecule has 0 aliphatic carbocycles. The normalized spacial score (nSPS) is 21.4. The van der Waals surface area contributed by atoms with Gasteiger partial charge >= 0.3 is 0 Å². The Balaban J connectivity index is 1.71. The SMILES string of the molecule is Cc1ccc(N)cc1C(=O)NCC1(N2CCCCC2)CCOCC1. The number of nitrogens with two attached hydrogens (primary N) is 1. The van der Waals surface area contributed by atoms with Crippen LogP contribution in [0.25, 0.3) is 0 Å². The first kappa shape index (κ1) is 17.2. The molecule has 2 fully saturated rings. The summed E-state index contributed by atoms with van der Waals surface area (Å²) in [5.74, 6) is -0.0253. The molecule has 24 heavy (non-hydrogen) atoms. The zero-order chi connectivity index (χ0) is 17.0. The molecule has 1 aromatic rings. The largest absolute Gasteiger partial charge is 0.399 e. The predicted molar refractivity (Wildman–Crippen MR) is 96.1 cm³/mol. The van der Waals surface area contributed by atoms with Crippen LogP contribution in [0.1, 0.15) is 48.0 Å². The Labute approximate surface area is 144 Å². The number of ether oxygens (including phenoxy) is 1. The molecule has 0 saturated carbocycles. The number of hydrogen-bond acceptors (Lipinski definition) is 4. The smallest absolute Gasteiger partial charge is 0.251 e. The summed E-state index contributed by atoms with van der Waals surface area (Å²) in [5.41, 5.74) is 8.15. The number of carbonyl (C=O) groups is 1. The number of likely N-dealkylation sites (tertiary alicyclic amines) is 1. The lowest BCUT2D eigenvalue weighted by atomic mass is 9.86. The van der Waals surface area contributed by atoms with Crippen molar-refractivity contribution in [3.63, 3.8) is 0 Å². The van der Waals surface area contributed by atoms with E-state index >= 15 is 0 Å². The Bertz CT molecular complexity index is 576. The maximum absolute atomic E-state index is 12.7. The number of nitrogens with one attached hydrogen (secondary N) is 1. The van der Waals surface area contributed by atoms with Crippen molar-refractivity contribution < 1.29 is 9.53 Å². The molecular formula is C19H29N3O2. The molecule has 5 heteroatoms. The summed E-state index contributed by atoms with van der Waals surface area (Å²) in [5, 5.41) is 3.18. The second-order valence-electron chi connectivity index (χ2n) is 7.14. The number of aryl methyl sites for hydroxylation is 1. The Hall–Kier alpha value is -1.59. The van der Waals surface area contributed by atoms with Crippen LogP contribution in [0.3, 0.4) is 0 Å². The average molecular weight is 331 g/mol. The Kier molecular flexibility index (Phi) is 5.41. The van der Waals surface area contributed by atoms with Crippen molar-refractivity contribution >= 4 is 11.6 Å². The molecule has 5 nitrogen and oxygen atoms in total. The minimum atomic E-state index is -0.0253. The number of benzene rings is 1. The monoisotopic (exact) mass is 331 g/mol. The van der Waals surface area contributed by atoms with Crippen LogP contribution in [-0.2, 0) is 4.74 Å². The molecule has 1 aromatic carbocycles. The fraction of sp³-hybridized carbons (Fsp3) is 0.632. The summed E-state index contributed by atoms with van der Waals surface area (Å²) in [4.78, 5) is 15.3. The first-order valence-electron chi connectivity index (χ1n) is 9.08. The van der Waals surface area contributed by atoms with Crippen molar-refractivity contribution in [1.29, 1.82) is 0 Å². The lowest BCUT2D eigenvalue weighted by molar-refractivity contribution is -0.0349. The highest BCUT2D eigenvalue weighted by Gasteiger charge is 2.39. The van der Waals surface area contributed by atoms with Crippen molar-refractivity contribution in [3.8, 4) is 0 Å². The average Bonchev–Trinajstić information content (AvgIpc) is 2.63. The lowest BCUT2D eigenvalue weighted by Crippen LogP contribution is -2.59. The van der Waals surface area contributed by atoms with Crippen LogP contribution < -0.4 is 11.1 Å². The first-order valence-corrected chi connectivity index (χ1v) is 9.08. The van der Waals surface area contributed by atoms with Gasteiger partial charge in [-0.15, -0.1) is 0 Å². The summed E-state index contributed by atoms with van der Waals surface area (Å²) >= 11 is 0. The van der Waals surface area contributed by atoms with Gasteiger partial charge in [-0.05, 0) is 63.4 Å². The van der Waals surface area contributed by atoms with Crippen LogP contribution in [0.4, 0.5) is 5.69 Å². The lowest BCUT2D eigenvalue weighted by Gasteiger charge is -2.48. The number of piperidine rings is 1. The third kappa shape index (κ3) is 3.73. The van der Waals surface area contributed by atoms with Crippen molar-refractivity contribution in [1.82, 2.24) is 10.2 Å². The van der Waals surface area contributed by atoms with E-state index in [4.69, 9.17) is 10.5 Å². The molecule has 0 atom stereocenters. The summed E-state index contributed by atoms with van der Waals surface area (Å²) in [6.45, 7) is 6.46. The number of nitrogen functional groups attached to an aromatic ring is 1. The molecule has 0 unspecified atom stereocenters. The number of anilines is 1. The van der Waals surface area contributed by atoms with Crippen LogP contribution in [0.15, 0.2) is 18.2 Å². The van der Waals surface area contributed by atoms with Gasteiger partial charge in [0.25, 0.3) is 5.91 Å². The molecule has 0 spiro atoms. The Morgan fingerprint density at radius 1 is 1.25 bits per heavy atom. The van der Waals surface area contributed by atoms with Gasteiger partial charge in [-0.1, -0.05) is 12.5 Å². The third-order valence-corrected chi connectivity index (χ3v) is 5.53. The second-order valence-corrected chi connectivity index (χ2v) is 7.14. The minimum Gasteiger partial charge on any atom is -0.399 e. The molecule has 1 amide bonds. The van der Waals surface area contributed by atoms with Gasteiger partial charge in [0.1, 0.15) is 0 Å². The number of nitrogens with zero attached hydrogens (tertiary/aromatic N) is 1. The van der Waals surface area contributed by atoms with E-state index in [1.165, 1.54) is 19.3 Å². The Morgan fingerprint density at radius 3 is 2.67 bits per heavy atom. The van der Waals surface area contributed by atoms with Crippen molar-refractivity contribution in [2.45, 2.75) is 44.6 Å². The van der Waals surface area contributed by atoms with E-state index in [9.17, 15) is 4.79 Å². The van der Waals surface area contributed by atoms with Gasteiger partial charge in [-0.2, -0.15) is 0 Å². The highest BCUT2D eigenvalue weighted by molar-refractivity contribution is 5.96. The fourth-order valence-electron chi connectivity index (χ4n) is 3.95. The zero-order valence-electron chi connectivity index (χ0n) is 14.6. The topological polar surface area (TPSA) is 67.6 Å². The molecule has 132 valence electrons. The van der Waals surface area contributed by atoms with Crippen molar-refractivity contribution in [3.05, 3.63) is 29.3 Å². The number of hydrogen-bond donors (Lipinski definition) is 2. The number of amides is 1. The zero-order valence-corrected chi connectivity index (χ0v) is 14.6. The standard InChI is InChI=1S/C19H29N3O2/c1-15-5-6-16(20)13-17(15)18(23)21-14-19(7-11-24-12-8-19)22-9-3-2-4-10-22/h5-6,13H,2-4,7-12,14,20H2,1H3,(H,21,23). The molecule has 0 aromatic heterocycles. The van der Waals surface area contributed by atoms with E-state index in [0.29, 0.717) is 17.8 Å². The second kappa shape index (κ2) is 7.53. The molecular weight excluding hydrogens is 302 g/mol. The summed E-state index contributed by atoms with van der Waals surface area (Å²) in [7, 11) is 0. The number of carbonyl (C=O) groups excluding carboxylic acids is 1. The van der Waals surface area contributed by atoms with E-state index in [1.807, 2.05) is 19.1 Å². The van der Waals surface area contributed by atoms with E-state index in [0.717, 1.165) is 44.7 Å². The van der Waals surface area contributed by atoms with Gasteiger partial charge in [-0.25, -0.2) is 0 Å². The van der Waals surface area contributed by atoms with E-state index in [1.54, 1.807) is 6.07 Å². The van der Waals surface area contributed by atoms with E-state index < -0.39 is 0 Å². The van der Waals surface area contributed by atoms with Gasteiger partial charge in [0.15, 0.2) is 0 Å². The summed E-state index contributed by atoms with van der Waals surface area (Å²) < 4.78 is 5.59. The minimum absolute atomic E-state index is 0.0253. The molecule has 2 saturated heterocycles. The molecule has 2 aliphatic heterocycles. The van der Waals surface area contributed by atoms with Crippen LogP contribution >= 0.6 is 0 Å². The van der Waals surface area contributed by atoms with E-state index in [2.05, 4.69) is 10.2 Å². The van der Waals surface area contributed by atoms with Crippen LogP contribution in [0, 0.1) is 6.92 Å². The van der Waals surface area contributed by atoms with Crippen LogP contribution in [0.2, 0.25) is 0 Å². The van der Waals surface area contributed by atoms with Crippen LogP contribution in [-0.4, -0.2) is 49.2 Å². The molecule has 2 heterocycles. The van der Waals surface area contributed by atoms with Crippen molar-refractivity contribution in [2.24, 2.45) is 0 Å². The highest BCUT2D eigenvalue weighted by Crippen LogP contribution is 2.30. The van der Waals surface area contributed by atoms with Gasteiger partial charge in [0, 0.05) is 36.5 Å². The first-order chi connectivity index (χ1) is 11.6. The molecule has 3 rings (SSSR count). The van der Waals surface area contributed by atoms with Gasteiger partial charge in [0.05, 0.1) is 0 Å². The number of rotatable bonds is 4. The summed E-state index contributed by atoms with van der Waals surface area (Å²) in [6, 6.07) is 5.50. The third-order valence-electron chi connectivity index (χ3n) is 5.53. The predicted octanol–water partition coefficient (Wildman–Crippen LogP) is 2.34. The quantitative estimate of drug-likeness (QED) is 0.831. The Morgan fingerprint density at radius 2 is 1.96 bits per heavy atom. The van der Waals surface area contributed by atoms with Gasteiger partial charge in [0.2, 0.25) is 0 Å². The van der Waals surface area contributed by atoms with Gasteiger partial charge in [-0.3, -0.25) is 9.69 Å². The molecule has 0 bridgehead atoms. The maximum Gasteiger partial charge on any atom is 0.251 e. The fourth-order valence-corrected chi connectivity index (χ4v) is 3.95. The maximum atomic E-state index is 12.7. The van der Waals surface area contributed by atoms with Crippen LogP contribution in [0.5, 0.6) is 0 Å². The molecule has 2 aliphatic rings. The molecule has 3 N–H and O–H groups in total. The van der Waals surface area contributed by atoms with Crippen molar-refractivity contribution in [2.75, 3.05) is 38.6 Å². The highest BCUT2D eigenvalue weighted by atomic mass is 16.5. The van der Waals surface area contributed by atoms with Gasteiger partial charge < -0.3 is 15.8 Å².